The average Bonchev–Trinajstić information content (AvgIpc) is 2.44. The van der Waals surface area contributed by atoms with Gasteiger partial charge in [0.05, 0.1) is 11.3 Å². The van der Waals surface area contributed by atoms with Crippen molar-refractivity contribution in [1.29, 1.82) is 0 Å². The van der Waals surface area contributed by atoms with Crippen LogP contribution >= 0.6 is 11.6 Å². The summed E-state index contributed by atoms with van der Waals surface area (Å²) in [6.45, 7) is 5.13. The highest BCUT2D eigenvalue weighted by molar-refractivity contribution is 6.41. The summed E-state index contributed by atoms with van der Waals surface area (Å²) in [5.74, 6) is -3.35. The van der Waals surface area contributed by atoms with E-state index in [-0.39, 0.29) is 29.2 Å². The number of hydrogen-bond donors (Lipinski definition) is 3. The summed E-state index contributed by atoms with van der Waals surface area (Å²) in [7, 11) is 0. The fraction of sp³-hybridized carbons (Fsp3) is 0.375. The molecule has 0 aliphatic carbocycles. The van der Waals surface area contributed by atoms with Crippen molar-refractivity contribution < 1.29 is 29.0 Å². The van der Waals surface area contributed by atoms with Gasteiger partial charge in [-0.05, 0) is 39.0 Å². The molecule has 0 unspecified atom stereocenters. The number of amides is 2. The van der Waals surface area contributed by atoms with E-state index >= 15 is 0 Å². The van der Waals surface area contributed by atoms with Crippen molar-refractivity contribution in [2.45, 2.75) is 32.8 Å². The van der Waals surface area contributed by atoms with Crippen LogP contribution in [0.5, 0.6) is 0 Å². The summed E-state index contributed by atoms with van der Waals surface area (Å²) in [6, 6.07) is 3.84. The number of carboxylic acids is 1. The summed E-state index contributed by atoms with van der Waals surface area (Å²) in [5, 5.41) is 13.9. The quantitative estimate of drug-likeness (QED) is 0.522. The van der Waals surface area contributed by atoms with Crippen molar-refractivity contribution in [2.75, 3.05) is 11.9 Å². The number of Topliss-reactive ketones (excluding diaryl/α,β-unsaturated/α-hetero) is 1. The fourth-order valence-electron chi connectivity index (χ4n) is 1.74. The number of aliphatic carboxylic acids is 1. The van der Waals surface area contributed by atoms with Crippen molar-refractivity contribution >= 4 is 41.0 Å². The summed E-state index contributed by atoms with van der Waals surface area (Å²) in [6.07, 6.45) is -0.767. The Morgan fingerprint density at radius 2 is 1.84 bits per heavy atom. The van der Waals surface area contributed by atoms with Crippen LogP contribution in [0.25, 0.3) is 0 Å². The Bertz CT molecular complexity index is 696. The van der Waals surface area contributed by atoms with Gasteiger partial charge in [-0.1, -0.05) is 11.6 Å². The fourth-order valence-corrected chi connectivity index (χ4v) is 1.91. The molecule has 0 saturated heterocycles. The van der Waals surface area contributed by atoms with E-state index in [1.54, 1.807) is 20.8 Å². The van der Waals surface area contributed by atoms with Crippen molar-refractivity contribution in [3.05, 3.63) is 28.8 Å². The lowest BCUT2D eigenvalue weighted by Gasteiger charge is -2.19. The summed E-state index contributed by atoms with van der Waals surface area (Å²) >= 11 is 5.81. The van der Waals surface area contributed by atoms with Gasteiger partial charge in [-0.3, -0.25) is 9.59 Å². The van der Waals surface area contributed by atoms with Gasteiger partial charge in [0.25, 0.3) is 5.78 Å². The second kappa shape index (κ2) is 8.48. The van der Waals surface area contributed by atoms with Crippen LogP contribution in [-0.4, -0.2) is 41.0 Å². The molecule has 1 aromatic carbocycles. The molecule has 8 nitrogen and oxygen atoms in total. The number of hydrogen-bond acceptors (Lipinski definition) is 5. The average molecular weight is 371 g/mol. The van der Waals surface area contributed by atoms with E-state index in [4.69, 9.17) is 21.4 Å². The van der Waals surface area contributed by atoms with Crippen molar-refractivity contribution in [1.82, 2.24) is 5.32 Å². The molecule has 1 aromatic rings. The van der Waals surface area contributed by atoms with Crippen LogP contribution in [0, 0.1) is 0 Å². The largest absolute Gasteiger partial charge is 0.475 e. The van der Waals surface area contributed by atoms with E-state index in [0.29, 0.717) is 0 Å². The van der Waals surface area contributed by atoms with Gasteiger partial charge < -0.3 is 20.5 Å². The molecule has 0 atom stereocenters. The van der Waals surface area contributed by atoms with E-state index in [1.807, 2.05) is 0 Å². The Balaban J connectivity index is 2.66. The number of rotatable bonds is 6. The topological polar surface area (TPSA) is 122 Å². The molecule has 3 N–H and O–H groups in total. The van der Waals surface area contributed by atoms with E-state index in [1.165, 1.54) is 18.2 Å². The molecule has 25 heavy (non-hydrogen) atoms. The van der Waals surface area contributed by atoms with Crippen molar-refractivity contribution in [3.63, 3.8) is 0 Å². The first kappa shape index (κ1) is 20.4. The molecule has 136 valence electrons. The van der Waals surface area contributed by atoms with Crippen LogP contribution in [0.2, 0.25) is 5.02 Å². The lowest BCUT2D eigenvalue weighted by molar-refractivity contribution is -0.131. The van der Waals surface area contributed by atoms with Gasteiger partial charge in [-0.2, -0.15) is 0 Å². The van der Waals surface area contributed by atoms with Crippen molar-refractivity contribution in [2.24, 2.45) is 0 Å². The van der Waals surface area contributed by atoms with Crippen LogP contribution in [0.4, 0.5) is 10.5 Å². The number of ketones is 1. The van der Waals surface area contributed by atoms with Gasteiger partial charge in [0.2, 0.25) is 5.91 Å². The SMILES string of the molecule is CC(C)(C)OC(=O)NCCC(=O)Nc1cc(Cl)ccc1C(=O)C(=O)O. The number of benzene rings is 1. The second-order valence-electron chi connectivity index (χ2n) is 6.05. The Labute approximate surface area is 149 Å². The summed E-state index contributed by atoms with van der Waals surface area (Å²) < 4.78 is 5.02. The lowest BCUT2D eigenvalue weighted by atomic mass is 10.1. The van der Waals surface area contributed by atoms with E-state index < -0.39 is 29.4 Å². The normalized spacial score (nSPS) is 10.7. The van der Waals surface area contributed by atoms with Gasteiger partial charge in [-0.25, -0.2) is 9.59 Å². The zero-order chi connectivity index (χ0) is 19.2. The van der Waals surface area contributed by atoms with Crippen molar-refractivity contribution in [3.8, 4) is 0 Å². The maximum absolute atomic E-state index is 11.9. The Hall–Kier alpha value is -2.61. The maximum atomic E-state index is 11.9. The zero-order valence-corrected chi connectivity index (χ0v) is 14.8. The summed E-state index contributed by atoms with van der Waals surface area (Å²) in [4.78, 5) is 45.9. The van der Waals surface area contributed by atoms with Crippen LogP contribution in [0.3, 0.4) is 0 Å². The molecule has 0 saturated carbocycles. The molecule has 0 spiro atoms. The number of carbonyl (C=O) groups is 4. The molecule has 0 heterocycles. The Morgan fingerprint density at radius 3 is 2.40 bits per heavy atom. The van der Waals surface area contributed by atoms with Crippen LogP contribution in [0.15, 0.2) is 18.2 Å². The van der Waals surface area contributed by atoms with Gasteiger partial charge in [-0.15, -0.1) is 0 Å². The number of carboxylic acid groups (broad SMARTS) is 1. The first-order valence-electron chi connectivity index (χ1n) is 7.33. The minimum absolute atomic E-state index is 0.00349. The highest BCUT2D eigenvalue weighted by Gasteiger charge is 2.20. The number of anilines is 1. The Morgan fingerprint density at radius 1 is 1.20 bits per heavy atom. The predicted octanol–water partition coefficient (Wildman–Crippen LogP) is 2.46. The molecule has 1 rings (SSSR count). The molecular formula is C16H19ClN2O6. The molecular weight excluding hydrogens is 352 g/mol. The minimum atomic E-state index is -1.65. The molecule has 0 aromatic heterocycles. The third kappa shape index (κ3) is 7.21. The molecule has 9 heteroatoms. The van der Waals surface area contributed by atoms with Gasteiger partial charge >= 0.3 is 12.1 Å². The Kier molecular flexibility index (Phi) is 6.93. The molecule has 0 aliphatic rings. The highest BCUT2D eigenvalue weighted by atomic mass is 35.5. The summed E-state index contributed by atoms with van der Waals surface area (Å²) in [5.41, 5.74) is -0.855. The van der Waals surface area contributed by atoms with Gasteiger partial charge in [0.1, 0.15) is 5.60 Å². The van der Waals surface area contributed by atoms with Gasteiger partial charge in [0.15, 0.2) is 0 Å². The van der Waals surface area contributed by atoms with Crippen LogP contribution in [0.1, 0.15) is 37.6 Å². The number of nitrogens with one attached hydrogen (secondary N) is 2. The van der Waals surface area contributed by atoms with E-state index in [2.05, 4.69) is 10.6 Å². The number of ether oxygens (including phenoxy) is 1. The minimum Gasteiger partial charge on any atom is -0.475 e. The van der Waals surface area contributed by atoms with Crippen LogP contribution < -0.4 is 10.6 Å². The maximum Gasteiger partial charge on any atom is 0.407 e. The highest BCUT2D eigenvalue weighted by Crippen LogP contribution is 2.22. The molecule has 2 amide bonds. The molecule has 0 aliphatic heterocycles. The van der Waals surface area contributed by atoms with Gasteiger partial charge in [0, 0.05) is 18.0 Å². The third-order valence-corrected chi connectivity index (χ3v) is 2.95. The zero-order valence-electron chi connectivity index (χ0n) is 14.0. The van der Waals surface area contributed by atoms with E-state index in [9.17, 15) is 19.2 Å². The predicted molar refractivity (Wildman–Crippen MR) is 90.9 cm³/mol. The first-order valence-corrected chi connectivity index (χ1v) is 7.71. The lowest BCUT2D eigenvalue weighted by Crippen LogP contribution is -2.34. The van der Waals surface area contributed by atoms with Crippen LogP contribution in [-0.2, 0) is 14.3 Å². The first-order chi connectivity index (χ1) is 11.5. The van der Waals surface area contributed by atoms with E-state index in [0.717, 1.165) is 0 Å². The second-order valence-corrected chi connectivity index (χ2v) is 6.49. The number of carbonyl (C=O) groups excluding carboxylic acids is 3. The monoisotopic (exact) mass is 370 g/mol. The number of halogens is 1. The number of alkyl carbamates (subject to hydrolysis) is 1. The molecule has 0 fully saturated rings. The molecule has 0 bridgehead atoms. The molecule has 0 radical (unpaired) electrons. The smallest absolute Gasteiger partial charge is 0.407 e. The third-order valence-electron chi connectivity index (χ3n) is 2.71. The standard InChI is InChI=1S/C16H19ClN2O6/c1-16(2,3)25-15(24)18-7-6-12(20)19-11-8-9(17)4-5-10(11)13(21)14(22)23/h4-5,8H,6-7H2,1-3H3,(H,18,24)(H,19,20)(H,22,23).